The molecule has 0 aromatic rings. The molecule has 0 aliphatic carbocycles. The van der Waals surface area contributed by atoms with E-state index in [1.54, 1.807) is 12.3 Å². The first kappa shape index (κ1) is 8.19. The second kappa shape index (κ2) is 4.11. The Labute approximate surface area is 52.8 Å². The SMILES string of the molecule is C[C@@H](CO)OC(=O)NN. The Balaban J connectivity index is 3.34. The summed E-state index contributed by atoms with van der Waals surface area (Å²) in [5.74, 6) is 4.67. The van der Waals surface area contributed by atoms with Crippen LogP contribution in [0.3, 0.4) is 0 Å². The van der Waals surface area contributed by atoms with E-state index in [2.05, 4.69) is 10.6 Å². The molecule has 0 spiro atoms. The molecule has 0 aliphatic rings. The predicted molar refractivity (Wildman–Crippen MR) is 30.4 cm³/mol. The fourth-order valence-electron chi connectivity index (χ4n) is 0.254. The topological polar surface area (TPSA) is 84.6 Å². The smallest absolute Gasteiger partial charge is 0.421 e. The van der Waals surface area contributed by atoms with Gasteiger partial charge < -0.3 is 9.84 Å². The third kappa shape index (κ3) is 3.75. The highest BCUT2D eigenvalue weighted by atomic mass is 16.6. The van der Waals surface area contributed by atoms with Gasteiger partial charge in [0.05, 0.1) is 6.61 Å². The molecule has 0 aromatic carbocycles. The zero-order chi connectivity index (χ0) is 7.28. The van der Waals surface area contributed by atoms with E-state index in [-0.39, 0.29) is 6.61 Å². The van der Waals surface area contributed by atoms with E-state index in [9.17, 15) is 4.79 Å². The summed E-state index contributed by atoms with van der Waals surface area (Å²) in [6, 6.07) is 0. The van der Waals surface area contributed by atoms with Gasteiger partial charge in [0.1, 0.15) is 6.10 Å². The Morgan fingerprint density at radius 2 is 2.56 bits per heavy atom. The number of amides is 1. The van der Waals surface area contributed by atoms with Crippen LogP contribution in [0, 0.1) is 0 Å². The van der Waals surface area contributed by atoms with Crippen LogP contribution in [-0.4, -0.2) is 23.9 Å². The van der Waals surface area contributed by atoms with Crippen molar-refractivity contribution < 1.29 is 14.6 Å². The first-order valence-corrected chi connectivity index (χ1v) is 2.48. The van der Waals surface area contributed by atoms with E-state index >= 15 is 0 Å². The molecule has 0 saturated carbocycles. The molecule has 0 unspecified atom stereocenters. The first-order chi connectivity index (χ1) is 4.20. The zero-order valence-corrected chi connectivity index (χ0v) is 5.13. The number of ether oxygens (including phenoxy) is 1. The van der Waals surface area contributed by atoms with Gasteiger partial charge in [0.15, 0.2) is 0 Å². The molecule has 0 heterocycles. The molecule has 54 valence electrons. The Bertz CT molecular complexity index is 95.8. The molecule has 5 heteroatoms. The molecule has 4 N–H and O–H groups in total. The molecule has 0 radical (unpaired) electrons. The maximum atomic E-state index is 10.2. The Morgan fingerprint density at radius 3 is 2.89 bits per heavy atom. The number of rotatable bonds is 2. The Hall–Kier alpha value is -0.810. The third-order valence-corrected chi connectivity index (χ3v) is 0.683. The molecule has 0 rings (SSSR count). The molecule has 0 fully saturated rings. The van der Waals surface area contributed by atoms with Crippen LogP contribution < -0.4 is 11.3 Å². The predicted octanol–water partition coefficient (Wildman–Crippen LogP) is -1.03. The van der Waals surface area contributed by atoms with E-state index in [0.717, 1.165) is 0 Å². The van der Waals surface area contributed by atoms with Crippen molar-refractivity contribution >= 4 is 6.09 Å². The van der Waals surface area contributed by atoms with Crippen LogP contribution in [0.15, 0.2) is 0 Å². The summed E-state index contributed by atoms with van der Waals surface area (Å²) in [6.07, 6.45) is -1.25. The number of hydrazine groups is 1. The summed E-state index contributed by atoms with van der Waals surface area (Å²) in [5, 5.41) is 8.33. The quantitative estimate of drug-likeness (QED) is 0.256. The van der Waals surface area contributed by atoms with Gasteiger partial charge in [-0.25, -0.2) is 10.6 Å². The molecule has 0 aromatic heterocycles. The van der Waals surface area contributed by atoms with Crippen LogP contribution in [-0.2, 0) is 4.74 Å². The van der Waals surface area contributed by atoms with Gasteiger partial charge in [-0.15, -0.1) is 0 Å². The molecule has 0 bridgehead atoms. The lowest BCUT2D eigenvalue weighted by Crippen LogP contribution is -2.34. The maximum Gasteiger partial charge on any atom is 0.421 e. The van der Waals surface area contributed by atoms with Gasteiger partial charge in [-0.3, -0.25) is 5.43 Å². The maximum absolute atomic E-state index is 10.2. The highest BCUT2D eigenvalue weighted by molar-refractivity contribution is 5.66. The summed E-state index contributed by atoms with van der Waals surface area (Å²) in [7, 11) is 0. The van der Waals surface area contributed by atoms with Gasteiger partial charge in [0.2, 0.25) is 0 Å². The van der Waals surface area contributed by atoms with Gasteiger partial charge in [0.25, 0.3) is 0 Å². The number of nitrogens with one attached hydrogen (secondary N) is 1. The van der Waals surface area contributed by atoms with Crippen molar-refractivity contribution in [3.63, 3.8) is 0 Å². The van der Waals surface area contributed by atoms with Crippen LogP contribution in [0.1, 0.15) is 6.92 Å². The van der Waals surface area contributed by atoms with E-state index in [4.69, 9.17) is 5.11 Å². The lowest BCUT2D eigenvalue weighted by Gasteiger charge is -2.07. The van der Waals surface area contributed by atoms with Crippen LogP contribution in [0.4, 0.5) is 4.79 Å². The van der Waals surface area contributed by atoms with Crippen molar-refractivity contribution in [2.75, 3.05) is 6.61 Å². The van der Waals surface area contributed by atoms with Gasteiger partial charge in [-0.1, -0.05) is 0 Å². The first-order valence-electron chi connectivity index (χ1n) is 2.48. The lowest BCUT2D eigenvalue weighted by atomic mass is 10.4. The largest absolute Gasteiger partial charge is 0.443 e. The average Bonchev–Trinajstić information content (AvgIpc) is 1.87. The third-order valence-electron chi connectivity index (χ3n) is 0.683. The summed E-state index contributed by atoms with van der Waals surface area (Å²) in [4.78, 5) is 10.2. The molecule has 5 nitrogen and oxygen atoms in total. The second-order valence-corrected chi connectivity index (χ2v) is 1.54. The average molecular weight is 134 g/mol. The normalized spacial score (nSPS) is 12.3. The van der Waals surface area contributed by atoms with Crippen molar-refractivity contribution in [1.29, 1.82) is 0 Å². The van der Waals surface area contributed by atoms with Crippen LogP contribution in [0.2, 0.25) is 0 Å². The van der Waals surface area contributed by atoms with E-state index in [1.165, 1.54) is 0 Å². The number of nitrogens with two attached hydrogens (primary N) is 1. The minimum Gasteiger partial charge on any atom is -0.443 e. The Morgan fingerprint density at radius 1 is 2.00 bits per heavy atom. The number of aliphatic hydroxyl groups is 1. The molecule has 0 aliphatic heterocycles. The number of carbonyl (C=O) groups excluding carboxylic acids is 1. The summed E-state index contributed by atoms with van der Waals surface area (Å²) < 4.78 is 4.42. The van der Waals surface area contributed by atoms with Crippen molar-refractivity contribution in [3.8, 4) is 0 Å². The van der Waals surface area contributed by atoms with E-state index in [1.807, 2.05) is 0 Å². The zero-order valence-electron chi connectivity index (χ0n) is 5.13. The van der Waals surface area contributed by atoms with E-state index in [0.29, 0.717) is 0 Å². The monoisotopic (exact) mass is 134 g/mol. The van der Waals surface area contributed by atoms with E-state index < -0.39 is 12.2 Å². The van der Waals surface area contributed by atoms with Crippen molar-refractivity contribution in [2.45, 2.75) is 13.0 Å². The van der Waals surface area contributed by atoms with Gasteiger partial charge in [-0.2, -0.15) is 0 Å². The van der Waals surface area contributed by atoms with Gasteiger partial charge in [-0.05, 0) is 6.92 Å². The van der Waals surface area contributed by atoms with Gasteiger partial charge >= 0.3 is 6.09 Å². The van der Waals surface area contributed by atoms with Crippen LogP contribution in [0.25, 0.3) is 0 Å². The Kier molecular flexibility index (Phi) is 3.74. The van der Waals surface area contributed by atoms with Crippen LogP contribution in [0.5, 0.6) is 0 Å². The van der Waals surface area contributed by atoms with Crippen molar-refractivity contribution in [2.24, 2.45) is 5.84 Å². The molecule has 1 atom stereocenters. The highest BCUT2D eigenvalue weighted by Gasteiger charge is 2.04. The fourth-order valence-corrected chi connectivity index (χ4v) is 0.254. The number of hydrogen-bond acceptors (Lipinski definition) is 4. The molecule has 1 amide bonds. The fraction of sp³-hybridized carbons (Fsp3) is 0.750. The lowest BCUT2D eigenvalue weighted by molar-refractivity contribution is 0.0681. The second-order valence-electron chi connectivity index (χ2n) is 1.54. The number of hydrogen-bond donors (Lipinski definition) is 3. The minimum atomic E-state index is -0.739. The van der Waals surface area contributed by atoms with Gasteiger partial charge in [0, 0.05) is 0 Å². The molecule has 9 heavy (non-hydrogen) atoms. The van der Waals surface area contributed by atoms with Crippen LogP contribution >= 0.6 is 0 Å². The summed E-state index contributed by atoms with van der Waals surface area (Å²) in [6.45, 7) is 1.35. The minimum absolute atomic E-state index is 0.201. The molecular formula is C4H10N2O3. The molecular weight excluding hydrogens is 124 g/mol. The summed E-state index contributed by atoms with van der Waals surface area (Å²) >= 11 is 0. The van der Waals surface area contributed by atoms with Crippen molar-refractivity contribution in [1.82, 2.24) is 5.43 Å². The number of aliphatic hydroxyl groups excluding tert-OH is 1. The highest BCUT2D eigenvalue weighted by Crippen LogP contribution is 1.86. The molecule has 0 saturated heterocycles. The standard InChI is InChI=1S/C4H10N2O3/c1-3(2-7)9-4(8)6-5/h3,7H,2,5H2,1H3,(H,6,8)/t3-/m0/s1. The summed E-state index contributed by atoms with van der Waals surface area (Å²) in [5.41, 5.74) is 1.76. The van der Waals surface area contributed by atoms with Crippen molar-refractivity contribution in [3.05, 3.63) is 0 Å². The number of carbonyl (C=O) groups is 1.